The molecule has 1 aliphatic carbocycles. The van der Waals surface area contributed by atoms with Crippen LogP contribution in [0.5, 0.6) is 0 Å². The van der Waals surface area contributed by atoms with E-state index < -0.39 is 0 Å². The number of likely N-dealkylation sites (N-methyl/N-ethyl adjacent to an activating group) is 1. The Labute approximate surface area is 123 Å². The van der Waals surface area contributed by atoms with Gasteiger partial charge in [-0.2, -0.15) is 0 Å². The zero-order chi connectivity index (χ0) is 15.0. The number of methoxy groups -OCH3 is 1. The topological polar surface area (TPSA) is 50.8 Å². The fraction of sp³-hybridized carbons (Fsp3) is 0.933. The highest BCUT2D eigenvalue weighted by Gasteiger charge is 2.21. The van der Waals surface area contributed by atoms with Gasteiger partial charge >= 0.3 is 5.97 Å². The number of nitrogens with one attached hydrogen (secondary N) is 1. The molecule has 1 fully saturated rings. The molecular formula is C15H30N2O3. The van der Waals surface area contributed by atoms with E-state index in [9.17, 15) is 4.79 Å². The standard InChI is InChI=1S/C15H30N2O3/c1-12(2)16-14(15(18)19-4)7-8-17(3)9-10-20-11-13-5-6-13/h12-14,16H,5-11H2,1-4H3. The lowest BCUT2D eigenvalue weighted by Gasteiger charge is -2.22. The van der Waals surface area contributed by atoms with Gasteiger partial charge in [0.15, 0.2) is 0 Å². The zero-order valence-corrected chi connectivity index (χ0v) is 13.4. The second-order valence-electron chi connectivity index (χ2n) is 6.01. The summed E-state index contributed by atoms with van der Waals surface area (Å²) in [4.78, 5) is 13.9. The van der Waals surface area contributed by atoms with Crippen molar-refractivity contribution < 1.29 is 14.3 Å². The molecule has 1 unspecified atom stereocenters. The summed E-state index contributed by atoms with van der Waals surface area (Å²) in [5, 5.41) is 3.24. The van der Waals surface area contributed by atoms with Crippen molar-refractivity contribution in [3.63, 3.8) is 0 Å². The molecule has 0 amide bonds. The number of nitrogens with zero attached hydrogens (tertiary/aromatic N) is 1. The number of carbonyl (C=O) groups excluding carboxylic acids is 1. The van der Waals surface area contributed by atoms with E-state index >= 15 is 0 Å². The molecule has 0 bridgehead atoms. The van der Waals surface area contributed by atoms with Gasteiger partial charge in [0.2, 0.25) is 0 Å². The molecule has 1 rings (SSSR count). The SMILES string of the molecule is COC(=O)C(CCN(C)CCOCC1CC1)NC(C)C. The van der Waals surface area contributed by atoms with Gasteiger partial charge in [0.25, 0.3) is 0 Å². The molecule has 20 heavy (non-hydrogen) atoms. The van der Waals surface area contributed by atoms with Crippen molar-refractivity contribution in [3.05, 3.63) is 0 Å². The Balaban J connectivity index is 2.13. The minimum atomic E-state index is -0.227. The van der Waals surface area contributed by atoms with E-state index in [1.165, 1.54) is 20.0 Å². The summed E-state index contributed by atoms with van der Waals surface area (Å²) in [7, 11) is 3.50. The van der Waals surface area contributed by atoms with Gasteiger partial charge in [-0.1, -0.05) is 13.8 Å². The summed E-state index contributed by atoms with van der Waals surface area (Å²) in [5.74, 6) is 0.635. The number of rotatable bonds is 11. The number of hydrogen-bond donors (Lipinski definition) is 1. The monoisotopic (exact) mass is 286 g/mol. The molecule has 0 saturated heterocycles. The summed E-state index contributed by atoms with van der Waals surface area (Å²) in [6.45, 7) is 7.51. The Hall–Kier alpha value is -0.650. The molecule has 5 heteroatoms. The van der Waals surface area contributed by atoms with Crippen molar-refractivity contribution in [2.24, 2.45) is 5.92 Å². The van der Waals surface area contributed by atoms with Crippen molar-refractivity contribution in [2.45, 2.75) is 45.2 Å². The van der Waals surface area contributed by atoms with Crippen molar-refractivity contribution in [2.75, 3.05) is 40.5 Å². The fourth-order valence-corrected chi connectivity index (χ4v) is 2.03. The smallest absolute Gasteiger partial charge is 0.322 e. The van der Waals surface area contributed by atoms with Gasteiger partial charge in [-0.3, -0.25) is 4.79 Å². The lowest BCUT2D eigenvalue weighted by atomic mass is 10.1. The molecule has 0 aromatic heterocycles. The lowest BCUT2D eigenvalue weighted by Crippen LogP contribution is -2.43. The highest BCUT2D eigenvalue weighted by molar-refractivity contribution is 5.75. The van der Waals surface area contributed by atoms with Gasteiger partial charge in [-0.15, -0.1) is 0 Å². The van der Waals surface area contributed by atoms with Crippen LogP contribution in [0.25, 0.3) is 0 Å². The van der Waals surface area contributed by atoms with Gasteiger partial charge in [0.1, 0.15) is 6.04 Å². The van der Waals surface area contributed by atoms with Crippen LogP contribution in [0.2, 0.25) is 0 Å². The molecule has 0 aliphatic heterocycles. The molecule has 5 nitrogen and oxygen atoms in total. The Morgan fingerprint density at radius 2 is 2.05 bits per heavy atom. The van der Waals surface area contributed by atoms with Crippen LogP contribution in [0.15, 0.2) is 0 Å². The second-order valence-corrected chi connectivity index (χ2v) is 6.01. The van der Waals surface area contributed by atoms with E-state index in [2.05, 4.69) is 17.3 Å². The summed E-state index contributed by atoms with van der Waals surface area (Å²) >= 11 is 0. The fourth-order valence-electron chi connectivity index (χ4n) is 2.03. The molecule has 0 spiro atoms. The van der Waals surface area contributed by atoms with E-state index in [4.69, 9.17) is 9.47 Å². The first kappa shape index (κ1) is 17.4. The number of carbonyl (C=O) groups is 1. The first-order valence-electron chi connectivity index (χ1n) is 7.63. The zero-order valence-electron chi connectivity index (χ0n) is 13.4. The number of ether oxygens (including phenoxy) is 2. The van der Waals surface area contributed by atoms with Crippen LogP contribution in [0.1, 0.15) is 33.1 Å². The summed E-state index contributed by atoms with van der Waals surface area (Å²) in [6.07, 6.45) is 3.42. The van der Waals surface area contributed by atoms with Crippen LogP contribution in [0.3, 0.4) is 0 Å². The molecule has 1 aliphatic rings. The molecule has 1 atom stereocenters. The first-order chi connectivity index (χ1) is 9.52. The van der Waals surface area contributed by atoms with Gasteiger partial charge in [0.05, 0.1) is 13.7 Å². The van der Waals surface area contributed by atoms with Crippen molar-refractivity contribution in [1.82, 2.24) is 10.2 Å². The first-order valence-corrected chi connectivity index (χ1v) is 7.63. The second kappa shape index (κ2) is 9.32. The third-order valence-electron chi connectivity index (χ3n) is 3.49. The Morgan fingerprint density at radius 3 is 2.60 bits per heavy atom. The summed E-state index contributed by atoms with van der Waals surface area (Å²) < 4.78 is 10.5. The molecule has 1 saturated carbocycles. The van der Waals surface area contributed by atoms with Crippen LogP contribution in [-0.4, -0.2) is 63.4 Å². The Bertz CT molecular complexity index is 280. The number of hydrogen-bond acceptors (Lipinski definition) is 5. The van der Waals surface area contributed by atoms with E-state index in [0.717, 1.165) is 38.6 Å². The third-order valence-corrected chi connectivity index (χ3v) is 3.49. The maximum absolute atomic E-state index is 11.7. The normalized spacial score (nSPS) is 16.7. The van der Waals surface area contributed by atoms with Crippen LogP contribution >= 0.6 is 0 Å². The van der Waals surface area contributed by atoms with E-state index in [-0.39, 0.29) is 18.1 Å². The maximum Gasteiger partial charge on any atom is 0.322 e. The van der Waals surface area contributed by atoms with E-state index in [0.29, 0.717) is 0 Å². The van der Waals surface area contributed by atoms with Crippen LogP contribution in [0, 0.1) is 5.92 Å². The highest BCUT2D eigenvalue weighted by Crippen LogP contribution is 2.28. The van der Waals surface area contributed by atoms with Crippen LogP contribution in [-0.2, 0) is 14.3 Å². The molecule has 0 radical (unpaired) electrons. The quantitative estimate of drug-likeness (QED) is 0.458. The lowest BCUT2D eigenvalue weighted by molar-refractivity contribution is -0.143. The number of esters is 1. The molecule has 0 heterocycles. The minimum Gasteiger partial charge on any atom is -0.468 e. The van der Waals surface area contributed by atoms with Crippen molar-refractivity contribution in [1.29, 1.82) is 0 Å². The van der Waals surface area contributed by atoms with Gasteiger partial charge in [0, 0.05) is 19.2 Å². The molecule has 1 N–H and O–H groups in total. The van der Waals surface area contributed by atoms with Gasteiger partial charge < -0.3 is 19.7 Å². The van der Waals surface area contributed by atoms with Crippen LogP contribution < -0.4 is 5.32 Å². The van der Waals surface area contributed by atoms with Crippen LogP contribution in [0.4, 0.5) is 0 Å². The molecular weight excluding hydrogens is 256 g/mol. The minimum absolute atomic E-state index is 0.183. The van der Waals surface area contributed by atoms with Crippen molar-refractivity contribution >= 4 is 5.97 Å². The Morgan fingerprint density at radius 1 is 1.35 bits per heavy atom. The van der Waals surface area contributed by atoms with Gasteiger partial charge in [-0.25, -0.2) is 0 Å². The average Bonchev–Trinajstić information content (AvgIpc) is 3.22. The predicted molar refractivity (Wildman–Crippen MR) is 79.7 cm³/mol. The molecule has 0 aromatic rings. The highest BCUT2D eigenvalue weighted by atomic mass is 16.5. The molecule has 0 aromatic carbocycles. The van der Waals surface area contributed by atoms with Crippen molar-refractivity contribution in [3.8, 4) is 0 Å². The summed E-state index contributed by atoms with van der Waals surface area (Å²) in [6, 6.07) is 0.0427. The van der Waals surface area contributed by atoms with E-state index in [1.807, 2.05) is 13.8 Å². The van der Waals surface area contributed by atoms with Gasteiger partial charge in [-0.05, 0) is 38.8 Å². The molecule has 118 valence electrons. The van der Waals surface area contributed by atoms with E-state index in [1.54, 1.807) is 0 Å². The third kappa shape index (κ3) is 7.82. The summed E-state index contributed by atoms with van der Waals surface area (Å²) in [5.41, 5.74) is 0. The largest absolute Gasteiger partial charge is 0.468 e. The predicted octanol–water partition coefficient (Wildman–Crippen LogP) is 1.27. The Kier molecular flexibility index (Phi) is 8.11. The maximum atomic E-state index is 11.7. The average molecular weight is 286 g/mol.